The number of fused-ring (bicyclic) bond motifs is 1. The second kappa shape index (κ2) is 4.45. The van der Waals surface area contributed by atoms with E-state index in [2.05, 4.69) is 21.3 Å². The van der Waals surface area contributed by atoms with E-state index in [0.717, 1.165) is 19.4 Å². The van der Waals surface area contributed by atoms with Crippen LogP contribution in [-0.2, 0) is 4.79 Å². The van der Waals surface area contributed by atoms with Crippen molar-refractivity contribution in [3.05, 3.63) is 30.1 Å². The molecule has 2 aliphatic rings. The Morgan fingerprint density at radius 3 is 3.18 bits per heavy atom. The Bertz CT molecular complexity index is 406. The fourth-order valence-electron chi connectivity index (χ4n) is 2.95. The molecule has 4 nitrogen and oxygen atoms in total. The first-order chi connectivity index (χ1) is 8.36. The van der Waals surface area contributed by atoms with Crippen LogP contribution >= 0.6 is 0 Å². The standard InChI is InChI=1S/C13H17N3O/c17-12-9-15-13(10-4-3-6-14-8-10)11-5-1-2-7-16(11)12/h3-4,6,8,11,13,15H,1-2,5,7,9H2. The highest BCUT2D eigenvalue weighted by Crippen LogP contribution is 2.30. The summed E-state index contributed by atoms with van der Waals surface area (Å²) in [5.41, 5.74) is 1.19. The molecule has 90 valence electrons. The summed E-state index contributed by atoms with van der Waals surface area (Å²) in [6.07, 6.45) is 7.14. The van der Waals surface area contributed by atoms with Crippen LogP contribution in [0.4, 0.5) is 0 Å². The van der Waals surface area contributed by atoms with Crippen molar-refractivity contribution in [2.24, 2.45) is 0 Å². The van der Waals surface area contributed by atoms with Crippen molar-refractivity contribution in [1.29, 1.82) is 0 Å². The molecule has 2 atom stereocenters. The Balaban J connectivity index is 1.87. The van der Waals surface area contributed by atoms with Gasteiger partial charge in [-0.1, -0.05) is 6.07 Å². The lowest BCUT2D eigenvalue weighted by atomic mass is 9.89. The lowest BCUT2D eigenvalue weighted by Gasteiger charge is -2.44. The van der Waals surface area contributed by atoms with E-state index in [0.29, 0.717) is 12.6 Å². The minimum atomic E-state index is 0.245. The molecule has 1 amide bonds. The molecule has 0 spiro atoms. The zero-order valence-electron chi connectivity index (χ0n) is 9.80. The van der Waals surface area contributed by atoms with E-state index in [1.807, 2.05) is 12.3 Å². The number of pyridine rings is 1. The summed E-state index contributed by atoms with van der Waals surface area (Å²) in [7, 11) is 0. The molecule has 17 heavy (non-hydrogen) atoms. The van der Waals surface area contributed by atoms with E-state index in [9.17, 15) is 4.79 Å². The molecule has 0 saturated carbocycles. The fourth-order valence-corrected chi connectivity index (χ4v) is 2.95. The van der Waals surface area contributed by atoms with Gasteiger partial charge in [-0.25, -0.2) is 0 Å². The Hall–Kier alpha value is -1.42. The number of hydrogen-bond donors (Lipinski definition) is 1. The van der Waals surface area contributed by atoms with Gasteiger partial charge in [-0.3, -0.25) is 15.1 Å². The molecule has 1 aromatic heterocycles. The van der Waals surface area contributed by atoms with Gasteiger partial charge in [-0.2, -0.15) is 0 Å². The highest BCUT2D eigenvalue weighted by Gasteiger charge is 2.37. The fraction of sp³-hybridized carbons (Fsp3) is 0.538. The van der Waals surface area contributed by atoms with Gasteiger partial charge in [0.05, 0.1) is 18.6 Å². The van der Waals surface area contributed by atoms with E-state index in [1.54, 1.807) is 6.20 Å². The maximum atomic E-state index is 11.9. The number of piperazine rings is 1. The molecule has 0 aromatic carbocycles. The minimum absolute atomic E-state index is 0.245. The zero-order chi connectivity index (χ0) is 11.7. The number of carbonyl (C=O) groups excluding carboxylic acids is 1. The average molecular weight is 231 g/mol. The van der Waals surface area contributed by atoms with Crippen LogP contribution in [0.5, 0.6) is 0 Å². The molecule has 1 N–H and O–H groups in total. The molecule has 4 heteroatoms. The molecule has 3 rings (SSSR count). The molecular weight excluding hydrogens is 214 g/mol. The van der Waals surface area contributed by atoms with E-state index in [-0.39, 0.29) is 11.9 Å². The second-order valence-electron chi connectivity index (χ2n) is 4.80. The molecular formula is C13H17N3O. The largest absolute Gasteiger partial charge is 0.337 e. The third-order valence-corrected chi connectivity index (χ3v) is 3.77. The summed E-state index contributed by atoms with van der Waals surface area (Å²) in [6.45, 7) is 1.37. The zero-order valence-corrected chi connectivity index (χ0v) is 9.80. The van der Waals surface area contributed by atoms with Gasteiger partial charge in [-0.15, -0.1) is 0 Å². The first kappa shape index (κ1) is 10.7. The van der Waals surface area contributed by atoms with Crippen LogP contribution in [0, 0.1) is 0 Å². The number of rotatable bonds is 1. The normalized spacial score (nSPS) is 28.9. The maximum absolute atomic E-state index is 11.9. The third kappa shape index (κ3) is 1.93. The number of aromatic nitrogens is 1. The van der Waals surface area contributed by atoms with E-state index in [4.69, 9.17) is 0 Å². The van der Waals surface area contributed by atoms with Crippen molar-refractivity contribution < 1.29 is 4.79 Å². The van der Waals surface area contributed by atoms with Crippen molar-refractivity contribution in [1.82, 2.24) is 15.2 Å². The number of nitrogens with one attached hydrogen (secondary N) is 1. The number of carbonyl (C=O) groups is 1. The Morgan fingerprint density at radius 1 is 1.41 bits per heavy atom. The Morgan fingerprint density at radius 2 is 2.35 bits per heavy atom. The van der Waals surface area contributed by atoms with Gasteiger partial charge in [0.1, 0.15) is 0 Å². The summed E-state index contributed by atoms with van der Waals surface area (Å²) in [4.78, 5) is 18.1. The number of hydrogen-bond acceptors (Lipinski definition) is 3. The monoisotopic (exact) mass is 231 g/mol. The highest BCUT2D eigenvalue weighted by molar-refractivity contribution is 5.79. The summed E-state index contributed by atoms with van der Waals surface area (Å²) in [6, 6.07) is 4.62. The first-order valence-electron chi connectivity index (χ1n) is 6.29. The molecule has 0 aliphatic carbocycles. The molecule has 1 aromatic rings. The predicted octanol–water partition coefficient (Wildman–Crippen LogP) is 1.11. The van der Waals surface area contributed by atoms with Gasteiger partial charge in [0.2, 0.25) is 5.91 Å². The molecule has 2 aliphatic heterocycles. The van der Waals surface area contributed by atoms with Crippen molar-refractivity contribution in [3.8, 4) is 0 Å². The first-order valence-corrected chi connectivity index (χ1v) is 6.29. The highest BCUT2D eigenvalue weighted by atomic mass is 16.2. The molecule has 3 heterocycles. The van der Waals surface area contributed by atoms with Gasteiger partial charge in [-0.05, 0) is 30.9 Å². The average Bonchev–Trinajstić information content (AvgIpc) is 2.41. The summed E-state index contributed by atoms with van der Waals surface area (Å²) in [5.74, 6) is 0.245. The quantitative estimate of drug-likeness (QED) is 0.787. The van der Waals surface area contributed by atoms with E-state index >= 15 is 0 Å². The smallest absolute Gasteiger partial charge is 0.236 e. The summed E-state index contributed by atoms with van der Waals surface area (Å²) in [5, 5.41) is 3.35. The maximum Gasteiger partial charge on any atom is 0.236 e. The second-order valence-corrected chi connectivity index (χ2v) is 4.80. The van der Waals surface area contributed by atoms with Gasteiger partial charge in [0.15, 0.2) is 0 Å². The lowest BCUT2D eigenvalue weighted by Crippen LogP contribution is -2.58. The SMILES string of the molecule is O=C1CNC(c2cccnc2)C2CCCCN12. The summed E-state index contributed by atoms with van der Waals surface area (Å²) < 4.78 is 0. The Labute approximate surface area is 101 Å². The van der Waals surface area contributed by atoms with Crippen LogP contribution in [-0.4, -0.2) is 34.9 Å². The van der Waals surface area contributed by atoms with Crippen molar-refractivity contribution in [2.45, 2.75) is 31.3 Å². The molecule has 2 saturated heterocycles. The van der Waals surface area contributed by atoms with Crippen molar-refractivity contribution >= 4 is 5.91 Å². The summed E-state index contributed by atoms with van der Waals surface area (Å²) >= 11 is 0. The third-order valence-electron chi connectivity index (χ3n) is 3.77. The van der Waals surface area contributed by atoms with Crippen LogP contribution in [0.1, 0.15) is 30.9 Å². The van der Waals surface area contributed by atoms with Gasteiger partial charge in [0.25, 0.3) is 0 Å². The lowest BCUT2D eigenvalue weighted by molar-refractivity contribution is -0.138. The number of piperidine rings is 1. The van der Waals surface area contributed by atoms with Crippen LogP contribution in [0.15, 0.2) is 24.5 Å². The molecule has 2 unspecified atom stereocenters. The molecule has 0 radical (unpaired) electrons. The topological polar surface area (TPSA) is 45.2 Å². The van der Waals surface area contributed by atoms with Crippen LogP contribution < -0.4 is 5.32 Å². The van der Waals surface area contributed by atoms with Crippen molar-refractivity contribution in [2.75, 3.05) is 13.1 Å². The molecule has 0 bridgehead atoms. The number of amides is 1. The van der Waals surface area contributed by atoms with Gasteiger partial charge >= 0.3 is 0 Å². The van der Waals surface area contributed by atoms with Crippen LogP contribution in [0.2, 0.25) is 0 Å². The van der Waals surface area contributed by atoms with Gasteiger partial charge < -0.3 is 4.90 Å². The molecule has 2 fully saturated rings. The predicted molar refractivity (Wildman–Crippen MR) is 64.3 cm³/mol. The minimum Gasteiger partial charge on any atom is -0.337 e. The van der Waals surface area contributed by atoms with Crippen molar-refractivity contribution in [3.63, 3.8) is 0 Å². The van der Waals surface area contributed by atoms with Gasteiger partial charge in [0, 0.05) is 18.9 Å². The van der Waals surface area contributed by atoms with E-state index < -0.39 is 0 Å². The Kier molecular flexibility index (Phi) is 2.81. The number of nitrogens with zero attached hydrogens (tertiary/aromatic N) is 2. The van der Waals surface area contributed by atoms with E-state index in [1.165, 1.54) is 12.0 Å². The van der Waals surface area contributed by atoms with Crippen LogP contribution in [0.3, 0.4) is 0 Å². The van der Waals surface area contributed by atoms with Crippen LogP contribution in [0.25, 0.3) is 0 Å².